The molecule has 2 aliphatic heterocycles. The van der Waals surface area contributed by atoms with Crippen molar-refractivity contribution in [2.24, 2.45) is 0 Å². The molecule has 3 heterocycles. The topological polar surface area (TPSA) is 145 Å². The minimum absolute atomic E-state index is 0.0764. The van der Waals surface area contributed by atoms with E-state index in [2.05, 4.69) is 9.97 Å². The summed E-state index contributed by atoms with van der Waals surface area (Å²) in [6, 6.07) is 0. The van der Waals surface area contributed by atoms with Crippen LogP contribution >= 0.6 is 0 Å². The summed E-state index contributed by atoms with van der Waals surface area (Å²) in [6.07, 6.45) is 4.61. The van der Waals surface area contributed by atoms with Gasteiger partial charge in [0.15, 0.2) is 0 Å². The Kier molecular flexibility index (Phi) is 4.00. The lowest BCUT2D eigenvalue weighted by molar-refractivity contribution is -0.132. The maximum atomic E-state index is 12.1. The van der Waals surface area contributed by atoms with E-state index in [0.29, 0.717) is 37.6 Å². The van der Waals surface area contributed by atoms with Gasteiger partial charge in [-0.15, -0.1) is 0 Å². The van der Waals surface area contributed by atoms with E-state index >= 15 is 0 Å². The number of rotatable bonds is 2. The van der Waals surface area contributed by atoms with Gasteiger partial charge in [0.05, 0.1) is 5.56 Å². The van der Waals surface area contributed by atoms with Crippen LogP contribution in [0.1, 0.15) is 24.8 Å². The third kappa shape index (κ3) is 3.10. The summed E-state index contributed by atoms with van der Waals surface area (Å²) in [7, 11) is 0. The molecule has 9 heteroatoms. The van der Waals surface area contributed by atoms with Crippen LogP contribution in [-0.4, -0.2) is 50.5 Å². The molecular weight excluding hydrogens is 314 g/mol. The normalized spacial score (nSPS) is 23.1. The molecule has 1 aromatic rings. The van der Waals surface area contributed by atoms with Crippen molar-refractivity contribution in [3.63, 3.8) is 0 Å². The predicted octanol–water partition coefficient (Wildman–Crippen LogP) is -0.0320. The number of hydrogen-bond acceptors (Lipinski definition) is 7. The number of carboxylic acids is 1. The maximum absolute atomic E-state index is 12.1. The Morgan fingerprint density at radius 1 is 1.21 bits per heavy atom. The second kappa shape index (κ2) is 5.99. The van der Waals surface area contributed by atoms with Gasteiger partial charge in [0.1, 0.15) is 11.4 Å². The monoisotopic (exact) mass is 333 g/mol. The molecule has 3 rings (SSSR count). The quantitative estimate of drug-likeness (QED) is 0.640. The fourth-order valence-electron chi connectivity index (χ4n) is 3.23. The molecule has 0 aliphatic carbocycles. The van der Waals surface area contributed by atoms with Crippen LogP contribution in [0.25, 0.3) is 0 Å². The summed E-state index contributed by atoms with van der Waals surface area (Å²) in [5.41, 5.74) is 11.8. The van der Waals surface area contributed by atoms with Crippen molar-refractivity contribution < 1.29 is 19.4 Å². The van der Waals surface area contributed by atoms with Crippen LogP contribution in [0.3, 0.4) is 0 Å². The molecule has 24 heavy (non-hydrogen) atoms. The zero-order valence-corrected chi connectivity index (χ0v) is 13.1. The second-order valence-electron chi connectivity index (χ2n) is 6.06. The van der Waals surface area contributed by atoms with Crippen molar-refractivity contribution in [3.05, 3.63) is 17.7 Å². The molecule has 128 valence electrons. The van der Waals surface area contributed by atoms with Crippen LogP contribution in [0.15, 0.2) is 12.2 Å². The average Bonchev–Trinajstić information content (AvgIpc) is 2.73. The summed E-state index contributed by atoms with van der Waals surface area (Å²) < 4.78 is 6.04. The number of nitrogen functional groups attached to an aromatic ring is 2. The van der Waals surface area contributed by atoms with E-state index in [-0.39, 0.29) is 11.9 Å². The summed E-state index contributed by atoms with van der Waals surface area (Å²) >= 11 is 0. The first-order chi connectivity index (χ1) is 11.4. The van der Waals surface area contributed by atoms with Gasteiger partial charge in [-0.3, -0.25) is 4.79 Å². The summed E-state index contributed by atoms with van der Waals surface area (Å²) in [6.45, 7) is 1.02. The number of nitrogens with zero attached hydrogens (tertiary/aromatic N) is 3. The smallest absolute Gasteiger partial charge is 0.328 e. The van der Waals surface area contributed by atoms with Crippen LogP contribution < -0.4 is 16.2 Å². The lowest BCUT2D eigenvalue weighted by atomic mass is 9.90. The van der Waals surface area contributed by atoms with Crippen molar-refractivity contribution in [1.29, 1.82) is 0 Å². The van der Waals surface area contributed by atoms with Crippen molar-refractivity contribution >= 4 is 23.6 Å². The number of anilines is 2. The van der Waals surface area contributed by atoms with Gasteiger partial charge >= 0.3 is 5.97 Å². The number of hydrogen-bond donors (Lipinski definition) is 3. The van der Waals surface area contributed by atoms with Gasteiger partial charge in [-0.2, -0.15) is 9.97 Å². The zero-order chi connectivity index (χ0) is 17.3. The molecule has 0 aromatic carbocycles. The number of likely N-dealkylation sites (tertiary alicyclic amines) is 1. The minimum atomic E-state index is -1.14. The van der Waals surface area contributed by atoms with Crippen LogP contribution in [0.2, 0.25) is 0 Å². The van der Waals surface area contributed by atoms with Gasteiger partial charge in [0, 0.05) is 38.1 Å². The Balaban J connectivity index is 1.72. The molecule has 0 saturated carbocycles. The third-order valence-electron chi connectivity index (χ3n) is 4.41. The number of carboxylic acid groups (broad SMARTS) is 1. The van der Waals surface area contributed by atoms with Crippen LogP contribution in [0.4, 0.5) is 11.8 Å². The first kappa shape index (κ1) is 16.0. The minimum Gasteiger partial charge on any atom is -0.478 e. The number of amides is 1. The fraction of sp³-hybridized carbons (Fsp3) is 0.467. The van der Waals surface area contributed by atoms with E-state index in [0.717, 1.165) is 30.6 Å². The van der Waals surface area contributed by atoms with Crippen LogP contribution in [0.5, 0.6) is 5.88 Å². The van der Waals surface area contributed by atoms with Crippen molar-refractivity contribution in [3.8, 4) is 5.88 Å². The van der Waals surface area contributed by atoms with Crippen LogP contribution in [-0.2, 0) is 16.0 Å². The highest BCUT2D eigenvalue weighted by molar-refractivity contribution is 5.93. The van der Waals surface area contributed by atoms with E-state index in [4.69, 9.17) is 21.3 Å². The Hall–Kier alpha value is -2.84. The number of fused-ring (bicyclic) bond motifs is 1. The van der Waals surface area contributed by atoms with E-state index < -0.39 is 11.6 Å². The maximum Gasteiger partial charge on any atom is 0.328 e. The average molecular weight is 333 g/mol. The molecule has 1 spiro atoms. The molecule has 1 saturated heterocycles. The standard InChI is InChI=1S/C15H19N5O4/c16-12-9-8-15(24-13(9)19-14(17)18-12)4-1-6-20(7-5-15)10(21)2-3-11(22)23/h2-3H,1,4-8H2,(H,22,23)(H4,16,17,18,19)/b3-2+/t15-/m1/s1. The van der Waals surface area contributed by atoms with Gasteiger partial charge < -0.3 is 26.2 Å². The molecule has 0 unspecified atom stereocenters. The van der Waals surface area contributed by atoms with E-state index in [9.17, 15) is 9.59 Å². The van der Waals surface area contributed by atoms with Crippen molar-refractivity contribution in [2.45, 2.75) is 31.3 Å². The largest absolute Gasteiger partial charge is 0.478 e. The van der Waals surface area contributed by atoms with E-state index in [1.807, 2.05) is 0 Å². The SMILES string of the molecule is Nc1nc(N)c2c(n1)O[C@@]1(CCCN(C(=O)/C=C/C(=O)O)CC1)C2. The highest BCUT2D eigenvalue weighted by Crippen LogP contribution is 2.42. The summed E-state index contributed by atoms with van der Waals surface area (Å²) in [5.74, 6) is -0.626. The number of aliphatic carboxylic acids is 1. The molecule has 5 N–H and O–H groups in total. The Morgan fingerprint density at radius 2 is 2.00 bits per heavy atom. The third-order valence-corrected chi connectivity index (χ3v) is 4.41. The number of ether oxygens (including phenoxy) is 1. The highest BCUT2D eigenvalue weighted by atomic mass is 16.5. The summed E-state index contributed by atoms with van der Waals surface area (Å²) in [5, 5.41) is 8.62. The van der Waals surface area contributed by atoms with E-state index in [1.54, 1.807) is 4.90 Å². The lowest BCUT2D eigenvalue weighted by Crippen LogP contribution is -2.37. The Bertz CT molecular complexity index is 720. The molecule has 1 amide bonds. The van der Waals surface area contributed by atoms with Gasteiger partial charge in [0.2, 0.25) is 17.7 Å². The predicted molar refractivity (Wildman–Crippen MR) is 85.1 cm³/mol. The first-order valence-corrected chi connectivity index (χ1v) is 7.69. The van der Waals surface area contributed by atoms with Crippen molar-refractivity contribution in [2.75, 3.05) is 24.6 Å². The number of aromatic nitrogens is 2. The molecule has 2 aliphatic rings. The highest BCUT2D eigenvalue weighted by Gasteiger charge is 2.43. The Morgan fingerprint density at radius 3 is 2.75 bits per heavy atom. The Labute approximate surface area is 138 Å². The number of nitrogens with two attached hydrogens (primary N) is 2. The zero-order valence-electron chi connectivity index (χ0n) is 13.1. The van der Waals surface area contributed by atoms with E-state index in [1.165, 1.54) is 0 Å². The van der Waals surface area contributed by atoms with Gasteiger partial charge in [-0.1, -0.05) is 0 Å². The summed E-state index contributed by atoms with van der Waals surface area (Å²) in [4.78, 5) is 32.3. The molecule has 0 radical (unpaired) electrons. The van der Waals surface area contributed by atoms with Crippen LogP contribution in [0, 0.1) is 0 Å². The molecule has 1 aromatic heterocycles. The molecule has 1 atom stereocenters. The van der Waals surface area contributed by atoms with Gasteiger partial charge in [0.25, 0.3) is 0 Å². The van der Waals surface area contributed by atoms with Crippen molar-refractivity contribution in [1.82, 2.24) is 14.9 Å². The molecule has 0 bridgehead atoms. The van der Waals surface area contributed by atoms with Gasteiger partial charge in [-0.05, 0) is 12.8 Å². The molecular formula is C15H19N5O4. The first-order valence-electron chi connectivity index (χ1n) is 7.69. The van der Waals surface area contributed by atoms with Gasteiger partial charge in [-0.25, -0.2) is 4.79 Å². The number of carbonyl (C=O) groups is 2. The molecule has 9 nitrogen and oxygen atoms in total. The number of carbonyl (C=O) groups excluding carboxylic acids is 1. The second-order valence-corrected chi connectivity index (χ2v) is 6.06. The molecule has 1 fully saturated rings. The lowest BCUT2D eigenvalue weighted by Gasteiger charge is -2.26. The fourth-order valence-corrected chi connectivity index (χ4v) is 3.23.